The molecule has 0 bridgehead atoms. The molecule has 6 nitrogen and oxygen atoms in total. The van der Waals surface area contributed by atoms with Gasteiger partial charge in [-0.25, -0.2) is 4.79 Å². The van der Waals surface area contributed by atoms with Crippen LogP contribution in [0.1, 0.15) is 46.5 Å². The molecule has 1 saturated heterocycles. The summed E-state index contributed by atoms with van der Waals surface area (Å²) in [6, 6.07) is -0.220. The summed E-state index contributed by atoms with van der Waals surface area (Å²) in [7, 11) is -3.49. The van der Waals surface area contributed by atoms with Gasteiger partial charge in [-0.05, 0) is 46.5 Å². The molecular weight excluding hydrogens is 282 g/mol. The van der Waals surface area contributed by atoms with Crippen molar-refractivity contribution in [1.29, 1.82) is 0 Å². The lowest BCUT2D eigenvalue weighted by molar-refractivity contribution is 0.00760. The van der Waals surface area contributed by atoms with Crippen molar-refractivity contribution in [1.82, 2.24) is 4.90 Å². The van der Waals surface area contributed by atoms with Crippen LogP contribution in [-0.4, -0.2) is 49.5 Å². The highest BCUT2D eigenvalue weighted by atomic mass is 32.2. The van der Waals surface area contributed by atoms with E-state index in [1.54, 1.807) is 4.90 Å². The molecule has 0 unspecified atom stereocenters. The molecule has 1 aliphatic carbocycles. The molecule has 1 aliphatic heterocycles. The van der Waals surface area contributed by atoms with Gasteiger partial charge in [0.1, 0.15) is 5.60 Å². The van der Waals surface area contributed by atoms with E-state index in [-0.39, 0.29) is 24.3 Å². The van der Waals surface area contributed by atoms with Crippen LogP contribution in [0.15, 0.2) is 0 Å². The van der Waals surface area contributed by atoms with Gasteiger partial charge in [0.2, 0.25) is 0 Å². The first-order valence-corrected chi connectivity index (χ1v) is 8.71. The highest BCUT2D eigenvalue weighted by molar-refractivity contribution is 7.85. The maximum absolute atomic E-state index is 12.4. The van der Waals surface area contributed by atoms with Crippen molar-refractivity contribution in [2.24, 2.45) is 0 Å². The van der Waals surface area contributed by atoms with Crippen LogP contribution in [0, 0.1) is 0 Å². The van der Waals surface area contributed by atoms with Crippen LogP contribution in [0.3, 0.4) is 0 Å². The van der Waals surface area contributed by atoms with Crippen LogP contribution in [0.5, 0.6) is 0 Å². The van der Waals surface area contributed by atoms with Gasteiger partial charge < -0.3 is 4.74 Å². The predicted molar refractivity (Wildman–Crippen MR) is 73.9 cm³/mol. The SMILES string of the molecule is CC(C)(C)OC(=O)N1[C@H](COS(C)(=O)=O)CCC12CC2. The van der Waals surface area contributed by atoms with Gasteiger partial charge in [0.25, 0.3) is 10.1 Å². The third-order valence-electron chi connectivity index (χ3n) is 3.71. The van der Waals surface area contributed by atoms with Crippen molar-refractivity contribution < 1.29 is 22.1 Å². The van der Waals surface area contributed by atoms with Crippen molar-refractivity contribution in [3.63, 3.8) is 0 Å². The monoisotopic (exact) mass is 305 g/mol. The highest BCUT2D eigenvalue weighted by Crippen LogP contribution is 2.52. The van der Waals surface area contributed by atoms with E-state index in [2.05, 4.69) is 0 Å². The molecule has 7 heteroatoms. The number of carbonyl (C=O) groups excluding carboxylic acids is 1. The molecule has 0 radical (unpaired) electrons. The molecule has 116 valence electrons. The fraction of sp³-hybridized carbons (Fsp3) is 0.923. The third kappa shape index (κ3) is 3.63. The van der Waals surface area contributed by atoms with Crippen molar-refractivity contribution >= 4 is 16.2 Å². The topological polar surface area (TPSA) is 72.9 Å². The first-order chi connectivity index (χ1) is 9.03. The standard InChI is InChI=1S/C13H23NO5S/c1-12(2,3)19-11(15)14-10(9-18-20(4,16)17)5-6-13(14)7-8-13/h10H,5-9H2,1-4H3/t10-/m0/s1. The molecule has 0 aromatic rings. The summed E-state index contributed by atoms with van der Waals surface area (Å²) >= 11 is 0. The Balaban J connectivity index is 2.07. The second kappa shape index (κ2) is 4.87. The maximum atomic E-state index is 12.4. The van der Waals surface area contributed by atoms with E-state index in [1.807, 2.05) is 20.8 Å². The minimum absolute atomic E-state index is 0.0137. The molecule has 20 heavy (non-hydrogen) atoms. The Morgan fingerprint density at radius 3 is 2.35 bits per heavy atom. The van der Waals surface area contributed by atoms with Gasteiger partial charge in [-0.15, -0.1) is 0 Å². The number of carbonyl (C=O) groups is 1. The normalized spacial score (nSPS) is 25.0. The van der Waals surface area contributed by atoms with Crippen LogP contribution < -0.4 is 0 Å². The summed E-state index contributed by atoms with van der Waals surface area (Å²) < 4.78 is 32.5. The number of hydrogen-bond donors (Lipinski definition) is 0. The zero-order valence-corrected chi connectivity index (χ0v) is 13.3. The average Bonchev–Trinajstić information content (AvgIpc) is 2.86. The molecule has 2 rings (SSSR count). The summed E-state index contributed by atoms with van der Waals surface area (Å²) in [5.41, 5.74) is -0.675. The Kier molecular flexibility index (Phi) is 3.79. The van der Waals surface area contributed by atoms with E-state index in [9.17, 15) is 13.2 Å². The van der Waals surface area contributed by atoms with Gasteiger partial charge in [0.05, 0.1) is 18.9 Å². The Labute approximate surface area is 120 Å². The first kappa shape index (κ1) is 15.6. The lowest BCUT2D eigenvalue weighted by Crippen LogP contribution is -2.47. The van der Waals surface area contributed by atoms with E-state index in [0.29, 0.717) is 0 Å². The van der Waals surface area contributed by atoms with E-state index < -0.39 is 15.7 Å². The van der Waals surface area contributed by atoms with E-state index in [1.165, 1.54) is 0 Å². The third-order valence-corrected chi connectivity index (χ3v) is 4.28. The second-order valence-corrected chi connectivity index (χ2v) is 8.40. The van der Waals surface area contributed by atoms with Crippen LogP contribution in [0.4, 0.5) is 4.79 Å². The molecule has 2 aliphatic rings. The Morgan fingerprint density at radius 1 is 1.30 bits per heavy atom. The lowest BCUT2D eigenvalue weighted by atomic mass is 10.2. The number of likely N-dealkylation sites (tertiary alicyclic amines) is 1. The van der Waals surface area contributed by atoms with Crippen molar-refractivity contribution in [3.05, 3.63) is 0 Å². The average molecular weight is 305 g/mol. The Morgan fingerprint density at radius 2 is 1.90 bits per heavy atom. The van der Waals surface area contributed by atoms with Crippen molar-refractivity contribution in [2.45, 2.75) is 63.6 Å². The minimum Gasteiger partial charge on any atom is -0.444 e. The summed E-state index contributed by atoms with van der Waals surface area (Å²) in [5, 5.41) is 0. The largest absolute Gasteiger partial charge is 0.444 e. The van der Waals surface area contributed by atoms with Crippen molar-refractivity contribution in [2.75, 3.05) is 12.9 Å². The Hall–Kier alpha value is -0.820. The molecule has 1 heterocycles. The fourth-order valence-electron chi connectivity index (χ4n) is 2.72. The lowest BCUT2D eigenvalue weighted by Gasteiger charge is -2.32. The summed E-state index contributed by atoms with van der Waals surface area (Å²) in [6.45, 7) is 5.48. The molecule has 0 aromatic heterocycles. The molecule has 0 N–H and O–H groups in total. The molecule has 0 aromatic carbocycles. The Bertz CT molecular complexity index is 489. The summed E-state index contributed by atoms with van der Waals surface area (Å²) in [4.78, 5) is 14.1. The van der Waals surface area contributed by atoms with E-state index in [0.717, 1.165) is 31.9 Å². The van der Waals surface area contributed by atoms with Crippen LogP contribution in [0.2, 0.25) is 0 Å². The van der Waals surface area contributed by atoms with E-state index in [4.69, 9.17) is 8.92 Å². The fourth-order valence-corrected chi connectivity index (χ4v) is 3.13. The summed E-state index contributed by atoms with van der Waals surface area (Å²) in [5.74, 6) is 0. The summed E-state index contributed by atoms with van der Waals surface area (Å²) in [6.07, 6.45) is 4.23. The smallest absolute Gasteiger partial charge is 0.411 e. The number of amides is 1. The van der Waals surface area contributed by atoms with Gasteiger partial charge >= 0.3 is 6.09 Å². The number of hydrogen-bond acceptors (Lipinski definition) is 5. The molecular formula is C13H23NO5S. The molecule has 1 amide bonds. The zero-order chi connectivity index (χ0) is 15.2. The second-order valence-electron chi connectivity index (χ2n) is 6.76. The van der Waals surface area contributed by atoms with Gasteiger partial charge in [-0.2, -0.15) is 8.42 Å². The van der Waals surface area contributed by atoms with Gasteiger partial charge in [0.15, 0.2) is 0 Å². The van der Waals surface area contributed by atoms with Gasteiger partial charge in [0, 0.05) is 5.54 Å². The molecule has 1 saturated carbocycles. The van der Waals surface area contributed by atoms with Crippen LogP contribution in [0.25, 0.3) is 0 Å². The zero-order valence-electron chi connectivity index (χ0n) is 12.5. The van der Waals surface area contributed by atoms with Gasteiger partial charge in [-0.3, -0.25) is 9.08 Å². The molecule has 2 fully saturated rings. The molecule has 1 spiro atoms. The number of rotatable bonds is 3. The first-order valence-electron chi connectivity index (χ1n) is 6.89. The van der Waals surface area contributed by atoms with Crippen LogP contribution >= 0.6 is 0 Å². The minimum atomic E-state index is -3.49. The number of ether oxygens (including phenoxy) is 1. The molecule has 1 atom stereocenters. The highest BCUT2D eigenvalue weighted by Gasteiger charge is 2.57. The van der Waals surface area contributed by atoms with Crippen molar-refractivity contribution in [3.8, 4) is 0 Å². The van der Waals surface area contributed by atoms with E-state index >= 15 is 0 Å². The van der Waals surface area contributed by atoms with Gasteiger partial charge in [-0.1, -0.05) is 0 Å². The maximum Gasteiger partial charge on any atom is 0.411 e. The van der Waals surface area contributed by atoms with Crippen LogP contribution in [-0.2, 0) is 19.0 Å². The predicted octanol–water partition coefficient (Wildman–Crippen LogP) is 1.89. The quantitative estimate of drug-likeness (QED) is 0.745. The number of nitrogens with zero attached hydrogens (tertiary/aromatic N) is 1.